The van der Waals surface area contributed by atoms with E-state index in [2.05, 4.69) is 19.2 Å². The summed E-state index contributed by atoms with van der Waals surface area (Å²) >= 11 is 0. The number of aliphatic carboxylic acids is 1. The number of hydrogen-bond donors (Lipinski definition) is 2. The molecule has 0 atom stereocenters. The Morgan fingerprint density at radius 3 is 2.50 bits per heavy atom. The topological polar surface area (TPSA) is 49.3 Å². The summed E-state index contributed by atoms with van der Waals surface area (Å²) in [6.45, 7) is 6.71. The number of rotatable bonds is 9. The fourth-order valence-electron chi connectivity index (χ4n) is 3.32. The van der Waals surface area contributed by atoms with Crippen LogP contribution < -0.4 is 5.32 Å². The van der Waals surface area contributed by atoms with E-state index in [9.17, 15) is 4.79 Å². The molecule has 1 aliphatic rings. The maximum Gasteiger partial charge on any atom is 0.303 e. The molecule has 3 heteroatoms. The van der Waals surface area contributed by atoms with Crippen molar-refractivity contribution in [2.24, 2.45) is 11.3 Å². The second-order valence-electron chi connectivity index (χ2n) is 6.33. The molecule has 0 heterocycles. The quantitative estimate of drug-likeness (QED) is 0.620. The molecule has 0 aromatic rings. The molecular formula is C15H29NO2. The monoisotopic (exact) mass is 255 g/mol. The third-order valence-electron chi connectivity index (χ3n) is 4.00. The third kappa shape index (κ3) is 5.85. The molecular weight excluding hydrogens is 226 g/mol. The van der Waals surface area contributed by atoms with Crippen molar-refractivity contribution in [2.75, 3.05) is 13.1 Å². The Balaban J connectivity index is 2.16. The molecule has 1 saturated carbocycles. The molecule has 0 radical (unpaired) electrons. The molecule has 0 amide bonds. The predicted molar refractivity (Wildman–Crippen MR) is 74.7 cm³/mol. The lowest BCUT2D eigenvalue weighted by Crippen LogP contribution is -2.33. The number of carboxylic acids is 1. The minimum Gasteiger partial charge on any atom is -0.481 e. The Bertz CT molecular complexity index is 245. The molecule has 3 nitrogen and oxygen atoms in total. The highest BCUT2D eigenvalue weighted by Crippen LogP contribution is 2.42. The third-order valence-corrected chi connectivity index (χ3v) is 4.00. The van der Waals surface area contributed by atoms with Crippen molar-refractivity contribution >= 4 is 5.97 Å². The molecule has 1 rings (SSSR count). The Hall–Kier alpha value is -0.570. The first-order chi connectivity index (χ1) is 8.54. The van der Waals surface area contributed by atoms with Crippen LogP contribution in [0.1, 0.15) is 65.2 Å². The molecule has 0 saturated heterocycles. The molecule has 0 bridgehead atoms. The van der Waals surface area contributed by atoms with Crippen molar-refractivity contribution in [2.45, 2.75) is 65.2 Å². The van der Waals surface area contributed by atoms with Crippen LogP contribution in [-0.2, 0) is 4.79 Å². The van der Waals surface area contributed by atoms with Crippen molar-refractivity contribution in [3.8, 4) is 0 Å². The van der Waals surface area contributed by atoms with Crippen LogP contribution in [0.2, 0.25) is 0 Å². The lowest BCUT2D eigenvalue weighted by molar-refractivity contribution is -0.137. The van der Waals surface area contributed by atoms with Crippen molar-refractivity contribution in [3.05, 3.63) is 0 Å². The van der Waals surface area contributed by atoms with Gasteiger partial charge in [-0.2, -0.15) is 0 Å². The van der Waals surface area contributed by atoms with Crippen molar-refractivity contribution in [3.63, 3.8) is 0 Å². The normalized spacial score (nSPS) is 18.4. The lowest BCUT2D eigenvalue weighted by atomic mass is 9.78. The van der Waals surface area contributed by atoms with E-state index >= 15 is 0 Å². The first-order valence-electron chi connectivity index (χ1n) is 7.47. The maximum absolute atomic E-state index is 10.4. The fourth-order valence-corrected chi connectivity index (χ4v) is 3.32. The average molecular weight is 255 g/mol. The summed E-state index contributed by atoms with van der Waals surface area (Å²) in [7, 11) is 0. The highest BCUT2D eigenvalue weighted by Gasteiger charge is 2.33. The van der Waals surface area contributed by atoms with Gasteiger partial charge in [0.1, 0.15) is 0 Å². The lowest BCUT2D eigenvalue weighted by Gasteiger charge is -2.31. The second kappa shape index (κ2) is 7.78. The first kappa shape index (κ1) is 15.5. The van der Waals surface area contributed by atoms with E-state index < -0.39 is 5.97 Å². The fraction of sp³-hybridized carbons (Fsp3) is 0.933. The largest absolute Gasteiger partial charge is 0.481 e. The summed E-state index contributed by atoms with van der Waals surface area (Å²) in [5.74, 6) is 0.0963. The standard InChI is InChI=1S/C15H29NO2/c1-13(2)11-15(8-4-5-9-15)12-16-10-6-3-7-14(17)18/h13,16H,3-12H2,1-2H3,(H,17,18). The van der Waals surface area contributed by atoms with E-state index in [4.69, 9.17) is 5.11 Å². The molecule has 1 fully saturated rings. The van der Waals surface area contributed by atoms with Gasteiger partial charge in [0, 0.05) is 13.0 Å². The van der Waals surface area contributed by atoms with Crippen LogP contribution in [0.5, 0.6) is 0 Å². The molecule has 0 aliphatic heterocycles. The molecule has 0 aromatic heterocycles. The van der Waals surface area contributed by atoms with E-state index in [-0.39, 0.29) is 0 Å². The van der Waals surface area contributed by atoms with Gasteiger partial charge in [0.05, 0.1) is 0 Å². The Morgan fingerprint density at radius 2 is 1.94 bits per heavy atom. The molecule has 0 aromatic carbocycles. The Kier molecular flexibility index (Phi) is 6.69. The van der Waals surface area contributed by atoms with Crippen LogP contribution in [0.15, 0.2) is 0 Å². The van der Waals surface area contributed by atoms with E-state index in [0.717, 1.165) is 31.8 Å². The summed E-state index contributed by atoms with van der Waals surface area (Å²) in [6, 6.07) is 0. The van der Waals surface area contributed by atoms with Gasteiger partial charge in [-0.25, -0.2) is 0 Å². The van der Waals surface area contributed by atoms with Crippen LogP contribution in [0.4, 0.5) is 0 Å². The SMILES string of the molecule is CC(C)CC1(CNCCCCC(=O)O)CCCC1. The van der Waals surface area contributed by atoms with E-state index in [1.165, 1.54) is 32.1 Å². The number of carboxylic acid groups (broad SMARTS) is 1. The van der Waals surface area contributed by atoms with Gasteiger partial charge in [0.15, 0.2) is 0 Å². The van der Waals surface area contributed by atoms with Crippen LogP contribution >= 0.6 is 0 Å². The number of hydrogen-bond acceptors (Lipinski definition) is 2. The summed E-state index contributed by atoms with van der Waals surface area (Å²) in [5.41, 5.74) is 0.529. The predicted octanol–water partition coefficient (Wildman–Crippen LogP) is 3.44. The van der Waals surface area contributed by atoms with E-state index in [0.29, 0.717) is 11.8 Å². The van der Waals surface area contributed by atoms with Gasteiger partial charge < -0.3 is 10.4 Å². The summed E-state index contributed by atoms with van der Waals surface area (Å²) < 4.78 is 0. The van der Waals surface area contributed by atoms with Crippen LogP contribution in [0.3, 0.4) is 0 Å². The van der Waals surface area contributed by atoms with Crippen LogP contribution in [0.25, 0.3) is 0 Å². The van der Waals surface area contributed by atoms with Crippen LogP contribution in [-0.4, -0.2) is 24.2 Å². The zero-order valence-electron chi connectivity index (χ0n) is 12.0. The van der Waals surface area contributed by atoms with Gasteiger partial charge >= 0.3 is 5.97 Å². The number of nitrogens with one attached hydrogen (secondary N) is 1. The summed E-state index contributed by atoms with van der Waals surface area (Å²) in [6.07, 6.45) is 8.90. The van der Waals surface area contributed by atoms with Gasteiger partial charge in [0.2, 0.25) is 0 Å². The smallest absolute Gasteiger partial charge is 0.303 e. The zero-order chi connectivity index (χ0) is 13.4. The summed E-state index contributed by atoms with van der Waals surface area (Å²) in [4.78, 5) is 10.4. The van der Waals surface area contributed by atoms with Gasteiger partial charge in [0.25, 0.3) is 0 Å². The zero-order valence-corrected chi connectivity index (χ0v) is 12.0. The van der Waals surface area contributed by atoms with Gasteiger partial charge in [-0.1, -0.05) is 26.7 Å². The minimum atomic E-state index is -0.679. The highest BCUT2D eigenvalue weighted by atomic mass is 16.4. The van der Waals surface area contributed by atoms with Gasteiger partial charge in [-0.3, -0.25) is 4.79 Å². The van der Waals surface area contributed by atoms with E-state index in [1.54, 1.807) is 0 Å². The molecule has 18 heavy (non-hydrogen) atoms. The van der Waals surface area contributed by atoms with Crippen molar-refractivity contribution in [1.82, 2.24) is 5.32 Å². The van der Waals surface area contributed by atoms with Crippen molar-refractivity contribution in [1.29, 1.82) is 0 Å². The van der Waals surface area contributed by atoms with Crippen LogP contribution in [0, 0.1) is 11.3 Å². The molecule has 2 N–H and O–H groups in total. The van der Waals surface area contributed by atoms with E-state index in [1.807, 2.05) is 0 Å². The number of carbonyl (C=O) groups is 1. The van der Waals surface area contributed by atoms with Crippen molar-refractivity contribution < 1.29 is 9.90 Å². The first-order valence-corrected chi connectivity index (χ1v) is 7.47. The molecule has 1 aliphatic carbocycles. The average Bonchev–Trinajstić information content (AvgIpc) is 2.70. The van der Waals surface area contributed by atoms with Gasteiger partial charge in [-0.05, 0) is 50.0 Å². The Morgan fingerprint density at radius 1 is 1.28 bits per heavy atom. The minimum absolute atomic E-state index is 0.304. The maximum atomic E-state index is 10.4. The summed E-state index contributed by atoms with van der Waals surface area (Å²) in [5, 5.41) is 12.1. The second-order valence-corrected chi connectivity index (χ2v) is 6.33. The highest BCUT2D eigenvalue weighted by molar-refractivity contribution is 5.66. The molecule has 0 unspecified atom stereocenters. The molecule has 106 valence electrons. The number of unbranched alkanes of at least 4 members (excludes halogenated alkanes) is 1. The molecule has 0 spiro atoms. The Labute approximate surface area is 111 Å². The van der Waals surface area contributed by atoms with Gasteiger partial charge in [-0.15, -0.1) is 0 Å².